The van der Waals surface area contributed by atoms with Crippen molar-refractivity contribution in [1.82, 2.24) is 4.57 Å². The number of ether oxygens (including phenoxy) is 2. The van der Waals surface area contributed by atoms with Crippen LogP contribution >= 0.6 is 11.3 Å². The average molecular weight is 497 g/mol. The number of nitrogens with zero attached hydrogens (tertiary/aromatic N) is 2. The van der Waals surface area contributed by atoms with Crippen LogP contribution < -0.4 is 24.4 Å². The quantitative estimate of drug-likeness (QED) is 0.463. The summed E-state index contributed by atoms with van der Waals surface area (Å²) in [6, 6.07) is 20.6. The zero-order chi connectivity index (χ0) is 24.8. The molecule has 0 spiro atoms. The first-order valence-corrected chi connectivity index (χ1v) is 12.5. The van der Waals surface area contributed by atoms with E-state index in [0.29, 0.717) is 26.4 Å². The molecule has 6 rings (SSSR count). The van der Waals surface area contributed by atoms with Crippen molar-refractivity contribution in [2.24, 2.45) is 4.99 Å². The second kappa shape index (κ2) is 8.84. The van der Waals surface area contributed by atoms with E-state index in [0.717, 1.165) is 35.2 Å². The van der Waals surface area contributed by atoms with Crippen LogP contribution in [-0.2, 0) is 6.42 Å². The normalized spacial score (nSPS) is 16.6. The molecule has 0 radical (unpaired) electrons. The molecule has 2 aliphatic rings. The summed E-state index contributed by atoms with van der Waals surface area (Å²) in [5.41, 5.74) is 5.65. The van der Waals surface area contributed by atoms with Gasteiger partial charge in [0.2, 0.25) is 0 Å². The smallest absolute Gasteiger partial charge is 0.271 e. The highest BCUT2D eigenvalue weighted by Crippen LogP contribution is 2.44. The molecule has 1 aromatic heterocycles. The number of allylic oxidation sites excluding steroid dienone is 1. The number of aromatic nitrogens is 1. The van der Waals surface area contributed by atoms with Gasteiger partial charge in [0.25, 0.3) is 5.56 Å². The van der Waals surface area contributed by atoms with Gasteiger partial charge in [-0.05, 0) is 54.3 Å². The van der Waals surface area contributed by atoms with Gasteiger partial charge in [-0.1, -0.05) is 53.8 Å². The molecule has 1 aliphatic carbocycles. The molecule has 1 aliphatic heterocycles. The van der Waals surface area contributed by atoms with Crippen molar-refractivity contribution in [3.8, 4) is 17.2 Å². The topological polar surface area (TPSA) is 73.1 Å². The zero-order valence-electron chi connectivity index (χ0n) is 19.9. The molecular formula is C29H24N2O4S. The molecule has 0 bridgehead atoms. The lowest BCUT2D eigenvalue weighted by Gasteiger charge is -2.31. The Morgan fingerprint density at radius 2 is 1.83 bits per heavy atom. The van der Waals surface area contributed by atoms with E-state index in [2.05, 4.69) is 18.2 Å². The molecule has 3 aromatic carbocycles. The number of rotatable bonds is 4. The highest BCUT2D eigenvalue weighted by atomic mass is 32.1. The van der Waals surface area contributed by atoms with E-state index in [9.17, 15) is 9.90 Å². The fraction of sp³-hybridized carbons (Fsp3) is 0.172. The maximum atomic E-state index is 13.9. The number of fused-ring (bicyclic) bond motifs is 3. The number of methoxy groups -OCH3 is 2. The van der Waals surface area contributed by atoms with Crippen molar-refractivity contribution in [3.63, 3.8) is 0 Å². The summed E-state index contributed by atoms with van der Waals surface area (Å²) in [6.07, 6.45) is 3.38. The second-order valence-corrected chi connectivity index (χ2v) is 9.79. The third-order valence-electron chi connectivity index (χ3n) is 6.83. The SMILES string of the molecule is COc1ccc(OC)c(C2C3=C(N=c4sc(=Cc5ccccc5O)c(=O)n42)c2ccccc2CC3)c1. The molecule has 2 heterocycles. The Bertz CT molecular complexity index is 1710. The summed E-state index contributed by atoms with van der Waals surface area (Å²) in [6.45, 7) is 0. The van der Waals surface area contributed by atoms with Crippen LogP contribution in [0, 0.1) is 0 Å². The first-order chi connectivity index (χ1) is 17.6. The van der Waals surface area contributed by atoms with Gasteiger partial charge < -0.3 is 14.6 Å². The number of aryl methyl sites for hydroxylation is 1. The number of phenols is 1. The highest BCUT2D eigenvalue weighted by Gasteiger charge is 2.34. The fourth-order valence-electron chi connectivity index (χ4n) is 5.10. The Kier molecular flexibility index (Phi) is 5.49. The molecular weight excluding hydrogens is 472 g/mol. The van der Waals surface area contributed by atoms with Gasteiger partial charge in [-0.25, -0.2) is 4.99 Å². The summed E-state index contributed by atoms with van der Waals surface area (Å²) >= 11 is 1.33. The van der Waals surface area contributed by atoms with Gasteiger partial charge >= 0.3 is 0 Å². The monoisotopic (exact) mass is 496 g/mol. The number of benzene rings is 3. The van der Waals surface area contributed by atoms with Crippen LogP contribution in [-0.4, -0.2) is 23.9 Å². The summed E-state index contributed by atoms with van der Waals surface area (Å²) in [5.74, 6) is 1.50. The van der Waals surface area contributed by atoms with Gasteiger partial charge in [-0.15, -0.1) is 0 Å². The molecule has 0 fully saturated rings. The van der Waals surface area contributed by atoms with Crippen molar-refractivity contribution in [2.45, 2.75) is 18.9 Å². The number of hydrogen-bond donors (Lipinski definition) is 1. The minimum Gasteiger partial charge on any atom is -0.507 e. The van der Waals surface area contributed by atoms with E-state index < -0.39 is 0 Å². The number of hydrogen-bond acceptors (Lipinski definition) is 6. The van der Waals surface area contributed by atoms with Crippen LogP contribution in [0.25, 0.3) is 11.8 Å². The summed E-state index contributed by atoms with van der Waals surface area (Å²) in [4.78, 5) is 19.5. The lowest BCUT2D eigenvalue weighted by atomic mass is 9.83. The molecule has 4 aromatic rings. The predicted octanol–water partition coefficient (Wildman–Crippen LogP) is 4.04. The maximum absolute atomic E-state index is 13.9. The summed E-state index contributed by atoms with van der Waals surface area (Å²) in [7, 11) is 3.27. The molecule has 6 nitrogen and oxygen atoms in total. The van der Waals surface area contributed by atoms with Crippen LogP contribution in [0.3, 0.4) is 0 Å². The Balaban J connectivity index is 1.67. The molecule has 0 amide bonds. The standard InChI is InChI=1S/C29H24N2O4S/c1-34-19-12-14-24(35-2)22(16-19)27-21-13-11-17-7-3-5-9-20(17)26(21)30-29-31(27)28(33)25(36-29)15-18-8-4-6-10-23(18)32/h3-10,12,14-16,27,32H,11,13H2,1-2H3. The predicted molar refractivity (Wildman–Crippen MR) is 140 cm³/mol. The lowest BCUT2D eigenvalue weighted by Crippen LogP contribution is -2.39. The van der Waals surface area contributed by atoms with Crippen LogP contribution in [0.1, 0.15) is 34.7 Å². The second-order valence-electron chi connectivity index (χ2n) is 8.78. The minimum atomic E-state index is -0.388. The van der Waals surface area contributed by atoms with Gasteiger partial charge in [0, 0.05) is 16.7 Å². The van der Waals surface area contributed by atoms with Crippen LogP contribution in [0.15, 0.2) is 82.1 Å². The third kappa shape index (κ3) is 3.55. The first-order valence-electron chi connectivity index (χ1n) is 11.7. The Labute approximate surface area is 211 Å². The number of thiazole rings is 1. The maximum Gasteiger partial charge on any atom is 0.271 e. The van der Waals surface area contributed by atoms with Gasteiger partial charge in [0.15, 0.2) is 4.80 Å². The molecule has 1 unspecified atom stereocenters. The Morgan fingerprint density at radius 3 is 2.64 bits per heavy atom. The third-order valence-corrected chi connectivity index (χ3v) is 7.81. The van der Waals surface area contributed by atoms with E-state index in [1.165, 1.54) is 16.9 Å². The number of para-hydroxylation sites is 1. The van der Waals surface area contributed by atoms with Gasteiger partial charge in [0.1, 0.15) is 17.2 Å². The van der Waals surface area contributed by atoms with E-state index in [1.807, 2.05) is 30.3 Å². The minimum absolute atomic E-state index is 0.127. The van der Waals surface area contributed by atoms with E-state index in [-0.39, 0.29) is 17.4 Å². The van der Waals surface area contributed by atoms with Gasteiger partial charge in [-0.2, -0.15) is 0 Å². The largest absolute Gasteiger partial charge is 0.507 e. The number of aromatic hydroxyl groups is 1. The Hall–Kier alpha value is -4.10. The molecule has 36 heavy (non-hydrogen) atoms. The lowest BCUT2D eigenvalue weighted by molar-refractivity contribution is 0.392. The average Bonchev–Trinajstić information content (AvgIpc) is 3.22. The number of phenolic OH excluding ortho intramolecular Hbond substituents is 1. The van der Waals surface area contributed by atoms with Crippen LogP contribution in [0.4, 0.5) is 0 Å². The fourth-order valence-corrected chi connectivity index (χ4v) is 6.09. The molecule has 1 N–H and O–H groups in total. The molecule has 7 heteroatoms. The molecule has 180 valence electrons. The van der Waals surface area contributed by atoms with Gasteiger partial charge in [-0.3, -0.25) is 9.36 Å². The van der Waals surface area contributed by atoms with E-state index in [1.54, 1.807) is 43.1 Å². The highest BCUT2D eigenvalue weighted by molar-refractivity contribution is 7.07. The molecule has 0 saturated heterocycles. The van der Waals surface area contributed by atoms with Crippen molar-refractivity contribution in [2.75, 3.05) is 14.2 Å². The molecule has 1 atom stereocenters. The van der Waals surface area contributed by atoms with Crippen molar-refractivity contribution >= 4 is 23.1 Å². The van der Waals surface area contributed by atoms with E-state index in [4.69, 9.17) is 14.5 Å². The first kappa shape index (κ1) is 22.4. The molecule has 0 saturated carbocycles. The summed E-state index contributed by atoms with van der Waals surface area (Å²) < 4.78 is 13.6. The van der Waals surface area contributed by atoms with Crippen LogP contribution in [0.2, 0.25) is 0 Å². The van der Waals surface area contributed by atoms with Gasteiger partial charge in [0.05, 0.1) is 30.5 Å². The zero-order valence-corrected chi connectivity index (χ0v) is 20.7. The van der Waals surface area contributed by atoms with Crippen molar-refractivity contribution in [3.05, 3.63) is 114 Å². The van der Waals surface area contributed by atoms with E-state index >= 15 is 0 Å². The summed E-state index contributed by atoms with van der Waals surface area (Å²) in [5, 5.41) is 10.3. The Morgan fingerprint density at radius 1 is 1.03 bits per heavy atom. The van der Waals surface area contributed by atoms with Crippen molar-refractivity contribution < 1.29 is 14.6 Å². The van der Waals surface area contributed by atoms with Crippen molar-refractivity contribution in [1.29, 1.82) is 0 Å². The van der Waals surface area contributed by atoms with Crippen LogP contribution in [0.5, 0.6) is 17.2 Å².